The Hall–Kier alpha value is -1.18. The van der Waals surface area contributed by atoms with E-state index in [1.54, 1.807) is 0 Å². The molecule has 18 heavy (non-hydrogen) atoms. The van der Waals surface area contributed by atoms with E-state index in [0.717, 1.165) is 43.3 Å². The van der Waals surface area contributed by atoms with Gasteiger partial charge in [-0.15, -0.1) is 0 Å². The Balaban J connectivity index is 1.89. The number of allylic oxidation sites excluding steroid dienone is 2. The highest BCUT2D eigenvalue weighted by molar-refractivity contribution is 9.10. The summed E-state index contributed by atoms with van der Waals surface area (Å²) in [7, 11) is 0. The molecule has 92 valence electrons. The van der Waals surface area contributed by atoms with Crippen LogP contribution in [0.4, 0.5) is 0 Å². The number of rotatable bonds is 1. The molecule has 0 amide bonds. The van der Waals surface area contributed by atoms with Gasteiger partial charge in [0.2, 0.25) is 0 Å². The van der Waals surface area contributed by atoms with Crippen LogP contribution in [0.3, 0.4) is 0 Å². The molecule has 2 aliphatic rings. The van der Waals surface area contributed by atoms with Crippen LogP contribution < -0.4 is 5.32 Å². The molecule has 1 aliphatic carbocycles. The van der Waals surface area contributed by atoms with Crippen molar-refractivity contribution in [2.45, 2.75) is 12.8 Å². The Morgan fingerprint density at radius 3 is 3.06 bits per heavy atom. The average Bonchev–Trinajstić information content (AvgIpc) is 2.86. The molecule has 2 atom stereocenters. The zero-order chi connectivity index (χ0) is 12.5. The molecule has 0 bridgehead atoms. The maximum atomic E-state index is 9.04. The summed E-state index contributed by atoms with van der Waals surface area (Å²) in [5, 5.41) is 12.5. The minimum Gasteiger partial charge on any atom is -0.316 e. The summed E-state index contributed by atoms with van der Waals surface area (Å²) >= 11 is 3.30. The maximum Gasteiger partial charge on any atom is 0.123 e. The third kappa shape index (κ3) is 2.09. The van der Waals surface area contributed by atoms with E-state index in [4.69, 9.17) is 5.26 Å². The van der Waals surface area contributed by atoms with E-state index in [9.17, 15) is 0 Å². The van der Waals surface area contributed by atoms with Gasteiger partial charge in [0.15, 0.2) is 0 Å². The fourth-order valence-electron chi connectivity index (χ4n) is 2.90. The Bertz CT molecular complexity index is 544. The normalized spacial score (nSPS) is 26.3. The quantitative estimate of drug-likeness (QED) is 0.812. The molecule has 0 aromatic carbocycles. The first-order valence-corrected chi connectivity index (χ1v) is 7.03. The molecular weight excluding hydrogens is 290 g/mol. The average molecular weight is 304 g/mol. The molecule has 2 heterocycles. The predicted octanol–water partition coefficient (Wildman–Crippen LogP) is 2.73. The fourth-order valence-corrected chi connectivity index (χ4v) is 3.20. The summed E-state index contributed by atoms with van der Waals surface area (Å²) in [4.78, 5) is 4.25. The molecule has 4 heteroatoms. The highest BCUT2D eigenvalue weighted by Crippen LogP contribution is 2.36. The standard InChI is InChI=1S/C14H14BrN3/c15-14-11(5-16)4-13(8-18-14)9-1-2-10-6-17-7-12(10)3-9/h1,4,8,10,12,17H,2-3,6-7H2/t10-,12+/m1/s1. The van der Waals surface area contributed by atoms with Crippen molar-refractivity contribution in [3.63, 3.8) is 0 Å². The Kier molecular flexibility index (Phi) is 3.19. The van der Waals surface area contributed by atoms with Crippen LogP contribution in [0.25, 0.3) is 5.57 Å². The smallest absolute Gasteiger partial charge is 0.123 e. The number of aromatic nitrogens is 1. The van der Waals surface area contributed by atoms with Gasteiger partial charge in [0.25, 0.3) is 0 Å². The lowest BCUT2D eigenvalue weighted by Crippen LogP contribution is -2.16. The summed E-state index contributed by atoms with van der Waals surface area (Å²) < 4.78 is 0.630. The molecule has 1 aromatic rings. The van der Waals surface area contributed by atoms with Crippen LogP contribution in [-0.2, 0) is 0 Å². The van der Waals surface area contributed by atoms with Crippen molar-refractivity contribution in [1.29, 1.82) is 5.26 Å². The number of nitrogens with one attached hydrogen (secondary N) is 1. The van der Waals surface area contributed by atoms with Crippen molar-refractivity contribution in [2.24, 2.45) is 11.8 Å². The maximum absolute atomic E-state index is 9.04. The molecule has 3 nitrogen and oxygen atoms in total. The Morgan fingerprint density at radius 2 is 2.22 bits per heavy atom. The minimum absolute atomic E-state index is 0.611. The number of hydrogen-bond acceptors (Lipinski definition) is 3. The first-order chi connectivity index (χ1) is 8.78. The van der Waals surface area contributed by atoms with Crippen molar-refractivity contribution in [3.8, 4) is 6.07 Å². The fraction of sp³-hybridized carbons (Fsp3) is 0.429. The second kappa shape index (κ2) is 4.83. The lowest BCUT2D eigenvalue weighted by Gasteiger charge is -2.24. The Labute approximate surface area is 115 Å². The van der Waals surface area contributed by atoms with Crippen LogP contribution in [-0.4, -0.2) is 18.1 Å². The van der Waals surface area contributed by atoms with E-state index in [1.807, 2.05) is 12.3 Å². The third-order valence-corrected chi connectivity index (χ3v) is 4.59. The lowest BCUT2D eigenvalue weighted by molar-refractivity contribution is 0.418. The molecule has 1 N–H and O–H groups in total. The Morgan fingerprint density at radius 1 is 1.39 bits per heavy atom. The first-order valence-electron chi connectivity index (χ1n) is 6.23. The molecule has 1 aliphatic heterocycles. The largest absolute Gasteiger partial charge is 0.316 e. The van der Waals surface area contributed by atoms with Crippen LogP contribution >= 0.6 is 15.9 Å². The topological polar surface area (TPSA) is 48.7 Å². The number of nitrogens with zero attached hydrogens (tertiary/aromatic N) is 2. The van der Waals surface area contributed by atoms with Gasteiger partial charge in [-0.1, -0.05) is 6.08 Å². The monoisotopic (exact) mass is 303 g/mol. The molecule has 3 rings (SSSR count). The summed E-state index contributed by atoms with van der Waals surface area (Å²) in [6.45, 7) is 2.27. The van der Waals surface area contributed by atoms with Gasteiger partial charge in [0.1, 0.15) is 10.7 Å². The number of hydrogen-bond donors (Lipinski definition) is 1. The van der Waals surface area contributed by atoms with Gasteiger partial charge in [-0.3, -0.25) is 0 Å². The number of nitriles is 1. The SMILES string of the molecule is N#Cc1cc(C2=CC[C@@H]3CNC[C@@H]3C2)cnc1Br. The molecule has 1 fully saturated rings. The van der Waals surface area contributed by atoms with E-state index in [1.165, 1.54) is 5.57 Å². The van der Waals surface area contributed by atoms with Crippen molar-refractivity contribution in [2.75, 3.05) is 13.1 Å². The van der Waals surface area contributed by atoms with Gasteiger partial charge in [-0.25, -0.2) is 4.98 Å². The second-order valence-corrected chi connectivity index (χ2v) is 5.77. The molecule has 0 spiro atoms. The highest BCUT2D eigenvalue weighted by Gasteiger charge is 2.30. The van der Waals surface area contributed by atoms with Crippen molar-refractivity contribution >= 4 is 21.5 Å². The number of fused-ring (bicyclic) bond motifs is 1. The van der Waals surface area contributed by atoms with Gasteiger partial charge in [0.05, 0.1) is 5.56 Å². The highest BCUT2D eigenvalue weighted by atomic mass is 79.9. The lowest BCUT2D eigenvalue weighted by atomic mass is 9.80. The van der Waals surface area contributed by atoms with Crippen molar-refractivity contribution in [3.05, 3.63) is 34.1 Å². The van der Waals surface area contributed by atoms with E-state index in [0.29, 0.717) is 10.2 Å². The predicted molar refractivity (Wildman–Crippen MR) is 73.7 cm³/mol. The number of halogens is 1. The number of pyridine rings is 1. The van der Waals surface area contributed by atoms with Crippen molar-refractivity contribution < 1.29 is 0 Å². The minimum atomic E-state index is 0.611. The van der Waals surface area contributed by atoms with Gasteiger partial charge in [-0.05, 0) is 70.9 Å². The van der Waals surface area contributed by atoms with Crippen LogP contribution in [0, 0.1) is 23.2 Å². The zero-order valence-corrected chi connectivity index (χ0v) is 11.6. The van der Waals surface area contributed by atoms with Gasteiger partial charge < -0.3 is 5.32 Å². The van der Waals surface area contributed by atoms with E-state index in [2.05, 4.69) is 38.4 Å². The second-order valence-electron chi connectivity index (χ2n) is 5.02. The zero-order valence-electron chi connectivity index (χ0n) is 9.99. The van der Waals surface area contributed by atoms with Crippen molar-refractivity contribution in [1.82, 2.24) is 10.3 Å². The first kappa shape index (κ1) is 11.9. The van der Waals surface area contributed by atoms with Gasteiger partial charge in [0, 0.05) is 6.20 Å². The van der Waals surface area contributed by atoms with Gasteiger partial charge >= 0.3 is 0 Å². The van der Waals surface area contributed by atoms with Crippen LogP contribution in [0.5, 0.6) is 0 Å². The molecule has 0 saturated carbocycles. The van der Waals surface area contributed by atoms with E-state index >= 15 is 0 Å². The summed E-state index contributed by atoms with van der Waals surface area (Å²) in [5.41, 5.74) is 3.05. The molecule has 1 saturated heterocycles. The van der Waals surface area contributed by atoms with E-state index < -0.39 is 0 Å². The molecule has 0 unspecified atom stereocenters. The molecule has 1 aromatic heterocycles. The van der Waals surface area contributed by atoms with E-state index in [-0.39, 0.29) is 0 Å². The van der Waals surface area contributed by atoms with Crippen LogP contribution in [0.1, 0.15) is 24.0 Å². The van der Waals surface area contributed by atoms with Crippen LogP contribution in [0.15, 0.2) is 22.9 Å². The summed E-state index contributed by atoms with van der Waals surface area (Å²) in [6, 6.07) is 4.11. The third-order valence-electron chi connectivity index (χ3n) is 3.96. The van der Waals surface area contributed by atoms with Crippen LogP contribution in [0.2, 0.25) is 0 Å². The summed E-state index contributed by atoms with van der Waals surface area (Å²) in [5.74, 6) is 1.55. The summed E-state index contributed by atoms with van der Waals surface area (Å²) in [6.07, 6.45) is 6.43. The van der Waals surface area contributed by atoms with Gasteiger partial charge in [-0.2, -0.15) is 5.26 Å². The molecular formula is C14H14BrN3. The molecule has 0 radical (unpaired) electrons.